The van der Waals surface area contributed by atoms with Crippen LogP contribution in [-0.2, 0) is 25.5 Å². The Kier molecular flexibility index (Phi) is 5.89. The third-order valence-corrected chi connectivity index (χ3v) is 8.76. The summed E-state index contributed by atoms with van der Waals surface area (Å²) in [4.78, 5) is 2.60. The maximum absolute atomic E-state index is 12.4. The molecule has 1 saturated carbocycles. The number of benzene rings is 2. The molecule has 1 heterocycles. The summed E-state index contributed by atoms with van der Waals surface area (Å²) in [5.41, 5.74) is 1.86. The Labute approximate surface area is 185 Å². The molecule has 0 bridgehead atoms. The van der Waals surface area contributed by atoms with Crippen LogP contribution in [-0.4, -0.2) is 54.2 Å². The molecule has 0 radical (unpaired) electrons. The average Bonchev–Trinajstić information content (AvgIpc) is 3.10. The van der Waals surface area contributed by atoms with Crippen LogP contribution in [0.25, 0.3) is 0 Å². The van der Waals surface area contributed by atoms with Gasteiger partial charge in [0.05, 0.1) is 11.2 Å². The summed E-state index contributed by atoms with van der Waals surface area (Å²) in [6.07, 6.45) is 2.16. The number of hydrogen-bond donors (Lipinski definition) is 2. The van der Waals surface area contributed by atoms with Gasteiger partial charge in [-0.1, -0.05) is 37.3 Å². The highest BCUT2D eigenvalue weighted by Gasteiger charge is 2.67. The Bertz CT molecular complexity index is 1140. The number of rotatable bonds is 9. The van der Waals surface area contributed by atoms with Gasteiger partial charge in [-0.15, -0.1) is 0 Å². The van der Waals surface area contributed by atoms with Crippen molar-refractivity contribution in [1.82, 2.24) is 9.62 Å². The summed E-state index contributed by atoms with van der Waals surface area (Å²) in [7, 11) is -6.79. The van der Waals surface area contributed by atoms with E-state index in [1.807, 2.05) is 12.1 Å². The normalized spacial score (nSPS) is 25.9. The third-order valence-electron chi connectivity index (χ3n) is 6.67. The van der Waals surface area contributed by atoms with Gasteiger partial charge in [-0.2, -0.15) is 0 Å². The molecule has 0 amide bonds. The van der Waals surface area contributed by atoms with Gasteiger partial charge in [0.25, 0.3) is 0 Å². The van der Waals surface area contributed by atoms with Crippen LogP contribution >= 0.6 is 0 Å². The van der Waals surface area contributed by atoms with Gasteiger partial charge in [-0.05, 0) is 48.1 Å². The first-order valence-corrected chi connectivity index (χ1v) is 13.9. The lowest BCUT2D eigenvalue weighted by atomic mass is 9.87. The third kappa shape index (κ3) is 4.50. The van der Waals surface area contributed by atoms with Crippen molar-refractivity contribution in [2.75, 3.05) is 37.2 Å². The molecule has 7 nitrogen and oxygen atoms in total. The number of nitrogens with zero attached hydrogens (tertiary/aromatic N) is 1. The zero-order chi connectivity index (χ0) is 22.3. The molecular weight excluding hydrogens is 434 g/mol. The van der Waals surface area contributed by atoms with E-state index < -0.39 is 20.0 Å². The highest BCUT2D eigenvalue weighted by Crippen LogP contribution is 2.65. The summed E-state index contributed by atoms with van der Waals surface area (Å²) >= 11 is 0. The Morgan fingerprint density at radius 2 is 1.68 bits per heavy atom. The predicted molar refractivity (Wildman–Crippen MR) is 122 cm³/mol. The molecule has 2 N–H and O–H groups in total. The number of hydrogen-bond acceptors (Lipinski definition) is 5. The van der Waals surface area contributed by atoms with Gasteiger partial charge in [-0.3, -0.25) is 4.72 Å². The van der Waals surface area contributed by atoms with E-state index in [0.29, 0.717) is 30.6 Å². The number of sulfonamides is 2. The summed E-state index contributed by atoms with van der Waals surface area (Å²) in [6.45, 7) is 5.09. The number of likely N-dealkylation sites (tertiary alicyclic amines) is 1. The lowest BCUT2D eigenvalue weighted by Gasteiger charge is -2.27. The fourth-order valence-corrected chi connectivity index (χ4v) is 6.86. The van der Waals surface area contributed by atoms with Crippen molar-refractivity contribution in [1.29, 1.82) is 0 Å². The molecule has 31 heavy (non-hydrogen) atoms. The lowest BCUT2D eigenvalue weighted by Crippen LogP contribution is -2.37. The van der Waals surface area contributed by atoms with Crippen LogP contribution < -0.4 is 9.44 Å². The number of piperidine rings is 1. The molecule has 1 aliphatic carbocycles. The molecule has 2 aromatic carbocycles. The molecule has 9 heteroatoms. The van der Waals surface area contributed by atoms with Crippen molar-refractivity contribution >= 4 is 25.7 Å². The van der Waals surface area contributed by atoms with Crippen molar-refractivity contribution in [3.8, 4) is 0 Å². The fraction of sp³-hybridized carbons (Fsp3) is 0.455. The monoisotopic (exact) mass is 463 g/mol. The zero-order valence-corrected chi connectivity index (χ0v) is 19.4. The molecular formula is C22H29N3O4S2. The van der Waals surface area contributed by atoms with E-state index in [0.717, 1.165) is 25.8 Å². The highest BCUT2D eigenvalue weighted by atomic mass is 32.2. The topological polar surface area (TPSA) is 95.6 Å². The molecule has 1 aliphatic heterocycles. The van der Waals surface area contributed by atoms with Crippen molar-refractivity contribution in [3.05, 3.63) is 60.2 Å². The van der Waals surface area contributed by atoms with Crippen molar-refractivity contribution in [2.45, 2.75) is 23.7 Å². The van der Waals surface area contributed by atoms with Gasteiger partial charge in [0.15, 0.2) is 0 Å². The molecule has 1 saturated heterocycles. The first-order valence-electron chi connectivity index (χ1n) is 10.5. The minimum atomic E-state index is -3.48. The molecule has 4 rings (SSSR count). The fourth-order valence-electron chi connectivity index (χ4n) is 5.26. The number of anilines is 1. The second-order valence-corrected chi connectivity index (χ2v) is 12.0. The van der Waals surface area contributed by atoms with E-state index >= 15 is 0 Å². The first kappa shape index (κ1) is 22.3. The zero-order valence-electron chi connectivity index (χ0n) is 17.8. The van der Waals surface area contributed by atoms with E-state index in [4.69, 9.17) is 0 Å². The molecule has 168 valence electrons. The van der Waals surface area contributed by atoms with Gasteiger partial charge < -0.3 is 4.90 Å². The van der Waals surface area contributed by atoms with Crippen molar-refractivity contribution in [3.63, 3.8) is 0 Å². The Morgan fingerprint density at radius 3 is 2.29 bits per heavy atom. The first-order chi connectivity index (χ1) is 14.7. The Balaban J connectivity index is 1.35. The quantitative estimate of drug-likeness (QED) is 0.595. The molecule has 0 spiro atoms. The summed E-state index contributed by atoms with van der Waals surface area (Å²) in [5, 5.41) is 0. The van der Waals surface area contributed by atoms with Gasteiger partial charge in [0.1, 0.15) is 0 Å². The van der Waals surface area contributed by atoms with Crippen molar-refractivity contribution < 1.29 is 16.8 Å². The maximum atomic E-state index is 12.4. The van der Waals surface area contributed by atoms with Crippen LogP contribution in [0.15, 0.2) is 59.5 Å². The average molecular weight is 464 g/mol. The van der Waals surface area contributed by atoms with E-state index in [9.17, 15) is 16.8 Å². The van der Waals surface area contributed by atoms with Crippen LogP contribution in [0, 0.1) is 11.8 Å². The summed E-state index contributed by atoms with van der Waals surface area (Å²) in [6, 6.07) is 16.1. The Morgan fingerprint density at radius 1 is 1.00 bits per heavy atom. The van der Waals surface area contributed by atoms with E-state index in [1.54, 1.807) is 36.4 Å². The van der Waals surface area contributed by atoms with Gasteiger partial charge in [-0.25, -0.2) is 21.6 Å². The maximum Gasteiger partial charge on any atom is 0.240 e. The molecule has 2 aromatic rings. The van der Waals surface area contributed by atoms with Crippen LogP contribution in [0.2, 0.25) is 0 Å². The standard InChI is InChI=1S/C22H29N3O4S2/c1-3-22(17-8-7-9-18(14-17)24-30(2,26)27)20-15-25(16-21(20)22)13-12-23-31(28,29)19-10-5-4-6-11-19/h4-11,14,20-21,23-24H,3,12-13,15-16H2,1-2H3. The molecule has 2 fully saturated rings. The van der Waals surface area contributed by atoms with Gasteiger partial charge in [0, 0.05) is 37.3 Å². The minimum Gasteiger partial charge on any atom is -0.301 e. The number of fused-ring (bicyclic) bond motifs is 1. The van der Waals surface area contributed by atoms with Crippen LogP contribution in [0.5, 0.6) is 0 Å². The van der Waals surface area contributed by atoms with E-state index in [1.165, 1.54) is 5.56 Å². The SMILES string of the molecule is CCC1(c2cccc(NS(C)(=O)=O)c2)C2CN(CCNS(=O)(=O)c3ccccc3)CC21. The largest absolute Gasteiger partial charge is 0.301 e. The van der Waals surface area contributed by atoms with E-state index in [2.05, 4.69) is 27.3 Å². The van der Waals surface area contributed by atoms with Gasteiger partial charge in [0.2, 0.25) is 20.0 Å². The molecule has 2 aliphatic rings. The van der Waals surface area contributed by atoms with E-state index in [-0.39, 0.29) is 10.3 Å². The summed E-state index contributed by atoms with van der Waals surface area (Å²) < 4.78 is 53.2. The molecule has 2 atom stereocenters. The highest BCUT2D eigenvalue weighted by molar-refractivity contribution is 7.92. The second kappa shape index (κ2) is 8.20. The minimum absolute atomic E-state index is 0.0786. The van der Waals surface area contributed by atoms with Crippen molar-refractivity contribution in [2.24, 2.45) is 11.8 Å². The second-order valence-electron chi connectivity index (χ2n) is 8.53. The van der Waals surface area contributed by atoms with Gasteiger partial charge >= 0.3 is 0 Å². The lowest BCUT2D eigenvalue weighted by molar-refractivity contribution is 0.273. The Hall–Kier alpha value is -1.94. The van der Waals surface area contributed by atoms with Crippen LogP contribution in [0.3, 0.4) is 0 Å². The smallest absolute Gasteiger partial charge is 0.240 e. The molecule has 2 unspecified atom stereocenters. The predicted octanol–water partition coefficient (Wildman–Crippen LogP) is 2.25. The number of nitrogens with one attached hydrogen (secondary N) is 2. The van der Waals surface area contributed by atoms with Crippen LogP contribution in [0.1, 0.15) is 18.9 Å². The molecule has 0 aromatic heterocycles. The van der Waals surface area contributed by atoms with Crippen LogP contribution in [0.4, 0.5) is 5.69 Å². The summed E-state index contributed by atoms with van der Waals surface area (Å²) in [5.74, 6) is 1.02.